The van der Waals surface area contributed by atoms with Crippen molar-refractivity contribution in [3.63, 3.8) is 0 Å². The second-order valence-corrected chi connectivity index (χ2v) is 14.0. The Morgan fingerprint density at radius 1 is 0.442 bits per heavy atom. The molecule has 0 N–H and O–H groups in total. The molecule has 0 amide bonds. The van der Waals surface area contributed by atoms with Crippen LogP contribution in [0.3, 0.4) is 0 Å². The zero-order chi connectivity index (χ0) is 36.7. The van der Waals surface area contributed by atoms with Crippen LogP contribution in [-0.4, -0.2) is 12.6 Å². The summed E-state index contributed by atoms with van der Waals surface area (Å²) in [6.07, 6.45) is 37.8. The molecule has 2 rings (SSSR count). The van der Waals surface area contributed by atoms with Gasteiger partial charge in [-0.15, -0.1) is 0 Å². The molecule has 2 aromatic rings. The molecule has 0 radical (unpaired) electrons. The lowest BCUT2D eigenvalue weighted by molar-refractivity contribution is -0.143. The van der Waals surface area contributed by atoms with Crippen LogP contribution in [0, 0.1) is 47.4 Å². The van der Waals surface area contributed by atoms with E-state index in [0.717, 1.165) is 82.1 Å². The van der Waals surface area contributed by atoms with Gasteiger partial charge < -0.3 is 13.6 Å². The van der Waals surface area contributed by atoms with Crippen LogP contribution in [-0.2, 0) is 22.4 Å². The van der Waals surface area contributed by atoms with Crippen molar-refractivity contribution in [1.29, 1.82) is 0 Å². The average molecular weight is 709 g/mol. The van der Waals surface area contributed by atoms with Gasteiger partial charge in [0.05, 0.1) is 19.1 Å². The average Bonchev–Trinajstić information content (AvgIpc) is 3.88. The summed E-state index contributed by atoms with van der Waals surface area (Å²) in [5.74, 6) is 26.6. The van der Waals surface area contributed by atoms with Crippen LogP contribution in [0.5, 0.6) is 0 Å². The number of aryl methyl sites for hydroxylation is 2. The number of rotatable bonds is 31. The Hall–Kier alpha value is -3.73. The normalized spacial score (nSPS) is 10.2. The molecule has 0 atom stereocenters. The highest BCUT2D eigenvalue weighted by Gasteiger charge is 2.02. The zero-order valence-corrected chi connectivity index (χ0v) is 32.5. The molecule has 0 bridgehead atoms. The number of carbonyl (C=O) groups excluding carboxylic acids is 1. The number of furan rings is 2. The van der Waals surface area contributed by atoms with E-state index in [1.54, 1.807) is 12.5 Å². The first kappa shape index (κ1) is 44.4. The molecule has 52 heavy (non-hydrogen) atoms. The Kier molecular flexibility index (Phi) is 30.5. The number of unbranched alkanes of at least 4 members (excludes halogenated alkanes) is 23. The predicted octanol–water partition coefficient (Wildman–Crippen LogP) is 13.1. The van der Waals surface area contributed by atoms with Gasteiger partial charge in [0.2, 0.25) is 0 Å². The van der Waals surface area contributed by atoms with Crippen molar-refractivity contribution in [2.45, 2.75) is 193 Å². The number of carbonyl (C=O) groups is 1. The van der Waals surface area contributed by atoms with Crippen molar-refractivity contribution >= 4 is 5.97 Å². The van der Waals surface area contributed by atoms with Crippen LogP contribution < -0.4 is 0 Å². The van der Waals surface area contributed by atoms with Gasteiger partial charge in [-0.2, -0.15) is 0 Å². The molecule has 0 saturated carbocycles. The Labute approximate surface area is 318 Å². The summed E-state index contributed by atoms with van der Waals surface area (Å²) in [7, 11) is 0. The molecule has 284 valence electrons. The van der Waals surface area contributed by atoms with Gasteiger partial charge >= 0.3 is 5.97 Å². The number of ether oxygens (including phenoxy) is 1. The van der Waals surface area contributed by atoms with E-state index in [2.05, 4.69) is 53.4 Å². The minimum Gasteiger partial charge on any atom is -0.469 e. The molecule has 4 nitrogen and oxygen atoms in total. The molecule has 2 aromatic heterocycles. The molecule has 0 aliphatic carbocycles. The first-order valence-electron chi connectivity index (χ1n) is 21.0. The summed E-state index contributed by atoms with van der Waals surface area (Å²) in [5, 5.41) is 0. The molecule has 0 aliphatic heterocycles. The third kappa shape index (κ3) is 29.9. The SMILES string of the molecule is O=C(CCCC#CC#CCCCCCCCCCCCc1ccco1)OCCCCCCCCCCCCCC#CC#CCCCCc1ccco1. The van der Waals surface area contributed by atoms with Gasteiger partial charge in [-0.3, -0.25) is 4.79 Å². The smallest absolute Gasteiger partial charge is 0.305 e. The van der Waals surface area contributed by atoms with Crippen LogP contribution in [0.4, 0.5) is 0 Å². The Morgan fingerprint density at radius 3 is 1.21 bits per heavy atom. The third-order valence-corrected chi connectivity index (χ3v) is 9.23. The van der Waals surface area contributed by atoms with E-state index in [1.165, 1.54) is 109 Å². The van der Waals surface area contributed by atoms with Gasteiger partial charge in [0.1, 0.15) is 11.5 Å². The fourth-order valence-corrected chi connectivity index (χ4v) is 6.08. The van der Waals surface area contributed by atoms with E-state index >= 15 is 0 Å². The lowest BCUT2D eigenvalue weighted by atomic mass is 10.1. The van der Waals surface area contributed by atoms with E-state index in [1.807, 2.05) is 18.2 Å². The summed E-state index contributed by atoms with van der Waals surface area (Å²) >= 11 is 0. The van der Waals surface area contributed by atoms with Crippen molar-refractivity contribution in [1.82, 2.24) is 0 Å². The number of esters is 1. The summed E-state index contributed by atoms with van der Waals surface area (Å²) in [4.78, 5) is 12.0. The minimum absolute atomic E-state index is 0.0951. The van der Waals surface area contributed by atoms with Crippen LogP contribution in [0.25, 0.3) is 0 Å². The summed E-state index contributed by atoms with van der Waals surface area (Å²) < 4.78 is 16.1. The largest absolute Gasteiger partial charge is 0.469 e. The van der Waals surface area contributed by atoms with Gasteiger partial charge in [-0.25, -0.2) is 0 Å². The first-order valence-corrected chi connectivity index (χ1v) is 21.0. The highest BCUT2D eigenvalue weighted by Crippen LogP contribution is 2.14. The maximum absolute atomic E-state index is 12.0. The highest BCUT2D eigenvalue weighted by molar-refractivity contribution is 5.69. The minimum atomic E-state index is -0.0951. The standard InChI is InChI=1S/C48H68O4/c49-48(42-34-30-26-22-18-14-10-6-5-9-13-17-21-25-29-33-39-47-41-37-45-51-47)52-43-35-31-27-23-19-15-11-7-3-1-2-4-8-12-16-20-24-28-32-38-46-40-36-44-50-46/h36-37,40-41,44-45H,1-7,9-11,13,15,17,19,21,23-25,27-35,38-39,42-43H2. The topological polar surface area (TPSA) is 52.6 Å². The summed E-state index contributed by atoms with van der Waals surface area (Å²) in [6, 6.07) is 8.00. The van der Waals surface area contributed by atoms with Crippen LogP contribution in [0.1, 0.15) is 191 Å². The van der Waals surface area contributed by atoms with Crippen molar-refractivity contribution in [3.8, 4) is 47.4 Å². The van der Waals surface area contributed by atoms with Crippen molar-refractivity contribution in [2.75, 3.05) is 6.61 Å². The van der Waals surface area contributed by atoms with Crippen molar-refractivity contribution in [2.24, 2.45) is 0 Å². The predicted molar refractivity (Wildman–Crippen MR) is 216 cm³/mol. The molecule has 2 heterocycles. The van der Waals surface area contributed by atoms with Gasteiger partial charge in [0, 0.05) is 44.9 Å². The van der Waals surface area contributed by atoms with Crippen LogP contribution in [0.15, 0.2) is 45.6 Å². The number of hydrogen-bond donors (Lipinski definition) is 0. The molecule has 4 heteroatoms. The Morgan fingerprint density at radius 2 is 0.788 bits per heavy atom. The molecule has 0 fully saturated rings. The van der Waals surface area contributed by atoms with E-state index in [0.29, 0.717) is 19.4 Å². The summed E-state index contributed by atoms with van der Waals surface area (Å²) in [5.41, 5.74) is 0. The van der Waals surface area contributed by atoms with Crippen molar-refractivity contribution < 1.29 is 18.4 Å². The van der Waals surface area contributed by atoms with Crippen LogP contribution >= 0.6 is 0 Å². The molecule has 0 spiro atoms. The molecule has 0 saturated heterocycles. The molecule has 0 aliphatic rings. The second kappa shape index (κ2) is 35.7. The molecule has 0 unspecified atom stereocenters. The quantitative estimate of drug-likeness (QED) is 0.0444. The lowest BCUT2D eigenvalue weighted by Crippen LogP contribution is -2.05. The Balaban J connectivity index is 1.22. The van der Waals surface area contributed by atoms with Gasteiger partial charge in [0.25, 0.3) is 0 Å². The first-order chi connectivity index (χ1) is 25.8. The maximum atomic E-state index is 12.0. The van der Waals surface area contributed by atoms with E-state index in [9.17, 15) is 4.79 Å². The third-order valence-electron chi connectivity index (χ3n) is 9.23. The molecular weight excluding hydrogens is 641 g/mol. The Bertz CT molecular complexity index is 1340. The zero-order valence-electron chi connectivity index (χ0n) is 32.5. The van der Waals surface area contributed by atoms with Gasteiger partial charge in [-0.05, 0) is 92.9 Å². The van der Waals surface area contributed by atoms with E-state index in [4.69, 9.17) is 13.6 Å². The molecular formula is C48H68O4. The second-order valence-electron chi connectivity index (χ2n) is 14.0. The summed E-state index contributed by atoms with van der Waals surface area (Å²) in [6.45, 7) is 0.549. The highest BCUT2D eigenvalue weighted by atomic mass is 16.5. The van der Waals surface area contributed by atoms with Gasteiger partial charge in [0.15, 0.2) is 0 Å². The lowest BCUT2D eigenvalue weighted by Gasteiger charge is -2.04. The fraction of sp³-hybridized carbons (Fsp3) is 0.646. The van der Waals surface area contributed by atoms with E-state index in [-0.39, 0.29) is 5.97 Å². The van der Waals surface area contributed by atoms with Gasteiger partial charge in [-0.1, -0.05) is 126 Å². The monoisotopic (exact) mass is 709 g/mol. The molecule has 0 aromatic carbocycles. The van der Waals surface area contributed by atoms with Crippen molar-refractivity contribution in [3.05, 3.63) is 48.3 Å². The number of hydrogen-bond acceptors (Lipinski definition) is 4. The van der Waals surface area contributed by atoms with E-state index < -0.39 is 0 Å². The maximum Gasteiger partial charge on any atom is 0.305 e. The van der Waals surface area contributed by atoms with Crippen LogP contribution in [0.2, 0.25) is 0 Å². The fourth-order valence-electron chi connectivity index (χ4n) is 6.08.